The summed E-state index contributed by atoms with van der Waals surface area (Å²) in [5.41, 5.74) is 3.91. The van der Waals surface area contributed by atoms with Crippen molar-refractivity contribution in [1.82, 2.24) is 34.6 Å². The second kappa shape index (κ2) is 8.92. The Morgan fingerprint density at radius 3 is 2.69 bits per heavy atom. The van der Waals surface area contributed by atoms with E-state index in [-0.39, 0.29) is 18.1 Å². The highest BCUT2D eigenvalue weighted by atomic mass is 16.1. The molecule has 0 unspecified atom stereocenters. The second-order valence-corrected chi connectivity index (χ2v) is 8.35. The molecule has 0 radical (unpaired) electrons. The van der Waals surface area contributed by atoms with Gasteiger partial charge < -0.3 is 0 Å². The van der Waals surface area contributed by atoms with Crippen molar-refractivity contribution >= 4 is 16.7 Å². The molecule has 4 aromatic rings. The van der Waals surface area contributed by atoms with Gasteiger partial charge in [-0.2, -0.15) is 5.10 Å². The molecule has 3 aromatic heterocycles. The molecule has 4 heterocycles. The Kier molecular flexibility index (Phi) is 5.68. The molecule has 1 saturated heterocycles. The smallest absolute Gasteiger partial charge is 0.143 e. The quantitative estimate of drug-likeness (QED) is 0.467. The summed E-state index contributed by atoms with van der Waals surface area (Å²) < 4.78 is 1.78. The molecule has 162 valence electrons. The number of aryl methyl sites for hydroxylation is 1. The van der Waals surface area contributed by atoms with E-state index in [0.717, 1.165) is 60.2 Å². The Bertz CT molecular complexity index is 1230. The van der Waals surface area contributed by atoms with Crippen molar-refractivity contribution in [3.8, 4) is 11.1 Å². The van der Waals surface area contributed by atoms with Gasteiger partial charge in [0.2, 0.25) is 0 Å². The van der Waals surface area contributed by atoms with E-state index in [9.17, 15) is 4.79 Å². The van der Waals surface area contributed by atoms with E-state index < -0.39 is 0 Å². The second-order valence-electron chi connectivity index (χ2n) is 8.35. The monoisotopic (exact) mass is 427 g/mol. The summed E-state index contributed by atoms with van der Waals surface area (Å²) in [7, 11) is 1.90. The van der Waals surface area contributed by atoms with Crippen LogP contribution in [-0.4, -0.2) is 53.5 Å². The minimum absolute atomic E-state index is 0.0640. The lowest BCUT2D eigenvalue weighted by Gasteiger charge is -2.30. The minimum Gasteiger partial charge on any atom is -0.299 e. The van der Waals surface area contributed by atoms with Crippen molar-refractivity contribution in [1.29, 1.82) is 0 Å². The van der Waals surface area contributed by atoms with Gasteiger partial charge in [0.25, 0.3) is 0 Å². The first-order valence-electron chi connectivity index (χ1n) is 10.9. The third-order valence-corrected chi connectivity index (χ3v) is 6.05. The normalized spacial score (nSPS) is 15.3. The van der Waals surface area contributed by atoms with Crippen molar-refractivity contribution in [2.75, 3.05) is 13.1 Å². The van der Waals surface area contributed by atoms with E-state index in [4.69, 9.17) is 0 Å². The topological polar surface area (TPSA) is 89.7 Å². The van der Waals surface area contributed by atoms with Crippen LogP contribution in [-0.2, 0) is 24.8 Å². The molecule has 0 N–H and O–H groups in total. The van der Waals surface area contributed by atoms with Gasteiger partial charge in [0.05, 0.1) is 23.8 Å². The molecule has 0 bridgehead atoms. The first-order valence-corrected chi connectivity index (χ1v) is 10.9. The van der Waals surface area contributed by atoms with Crippen LogP contribution < -0.4 is 0 Å². The van der Waals surface area contributed by atoms with E-state index in [1.165, 1.54) is 0 Å². The van der Waals surface area contributed by atoms with Crippen LogP contribution in [0.3, 0.4) is 0 Å². The number of nitrogens with zero attached hydrogens (tertiary/aromatic N) is 7. The maximum Gasteiger partial charge on any atom is 0.143 e. The molecule has 0 amide bonds. The lowest BCUT2D eigenvalue weighted by molar-refractivity contribution is -0.123. The molecular weight excluding hydrogens is 402 g/mol. The molecule has 1 fully saturated rings. The van der Waals surface area contributed by atoms with Crippen molar-refractivity contribution in [3.63, 3.8) is 0 Å². The predicted molar refractivity (Wildman–Crippen MR) is 120 cm³/mol. The Morgan fingerprint density at radius 2 is 1.94 bits per heavy atom. The highest BCUT2D eigenvalue weighted by Crippen LogP contribution is 2.24. The zero-order valence-electron chi connectivity index (χ0n) is 18.1. The average Bonchev–Trinajstić information content (AvgIpc) is 3.26. The van der Waals surface area contributed by atoms with Crippen LogP contribution in [0.4, 0.5) is 0 Å². The van der Waals surface area contributed by atoms with Crippen LogP contribution >= 0.6 is 0 Å². The van der Waals surface area contributed by atoms with Gasteiger partial charge in [-0.05, 0) is 37.6 Å². The number of aromatic nitrogens is 6. The summed E-state index contributed by atoms with van der Waals surface area (Å²) in [6, 6.07) is 6.09. The Balaban J connectivity index is 1.22. The van der Waals surface area contributed by atoms with Gasteiger partial charge in [-0.1, -0.05) is 12.1 Å². The van der Waals surface area contributed by atoms with Gasteiger partial charge in [0.1, 0.15) is 11.6 Å². The van der Waals surface area contributed by atoms with E-state index in [1.54, 1.807) is 23.3 Å². The van der Waals surface area contributed by atoms with Crippen molar-refractivity contribution in [2.24, 2.45) is 13.0 Å². The van der Waals surface area contributed by atoms with Crippen LogP contribution in [0, 0.1) is 5.92 Å². The highest BCUT2D eigenvalue weighted by Gasteiger charge is 2.25. The third kappa shape index (κ3) is 4.55. The van der Waals surface area contributed by atoms with Gasteiger partial charge in [-0.15, -0.1) is 0 Å². The number of carbonyl (C=O) groups excluding carboxylic acids is 1. The fourth-order valence-electron chi connectivity index (χ4n) is 4.25. The Labute approximate surface area is 186 Å². The van der Waals surface area contributed by atoms with Gasteiger partial charge in [-0.25, -0.2) is 9.97 Å². The highest BCUT2D eigenvalue weighted by molar-refractivity contribution is 5.85. The number of benzene rings is 1. The summed E-state index contributed by atoms with van der Waals surface area (Å²) in [5, 5.41) is 5.20. The molecule has 32 heavy (non-hydrogen) atoms. The van der Waals surface area contributed by atoms with Crippen molar-refractivity contribution in [3.05, 3.63) is 66.9 Å². The number of ketones is 1. The molecule has 1 aliphatic heterocycles. The lowest BCUT2D eigenvalue weighted by atomic mass is 9.90. The largest absolute Gasteiger partial charge is 0.299 e. The Morgan fingerprint density at radius 1 is 1.06 bits per heavy atom. The van der Waals surface area contributed by atoms with Crippen molar-refractivity contribution in [2.45, 2.75) is 25.8 Å². The number of hydrogen-bond donors (Lipinski definition) is 0. The third-order valence-electron chi connectivity index (χ3n) is 6.05. The average molecular weight is 428 g/mol. The number of likely N-dealkylation sites (tertiary alicyclic amines) is 1. The van der Waals surface area contributed by atoms with E-state index in [1.807, 2.05) is 43.8 Å². The molecule has 1 aromatic carbocycles. The fourth-order valence-corrected chi connectivity index (χ4v) is 4.25. The van der Waals surface area contributed by atoms with Crippen LogP contribution in [0.5, 0.6) is 0 Å². The summed E-state index contributed by atoms with van der Waals surface area (Å²) in [6.07, 6.45) is 12.8. The molecule has 0 spiro atoms. The maximum atomic E-state index is 12.9. The van der Waals surface area contributed by atoms with E-state index in [2.05, 4.69) is 29.9 Å². The SMILES string of the molecule is Cn1cc(-c2ccc3cnc(CC(=O)C4CCN(Cc5cnccn5)CC4)nc3c2)cn1. The first kappa shape index (κ1) is 20.4. The number of carbonyl (C=O) groups is 1. The number of Topliss-reactive ketones (excluding diaryl/α,β-unsaturated/α-hetero) is 1. The zero-order chi connectivity index (χ0) is 21.9. The minimum atomic E-state index is 0.0640. The summed E-state index contributed by atoms with van der Waals surface area (Å²) >= 11 is 0. The van der Waals surface area contributed by atoms with Gasteiger partial charge in [0.15, 0.2) is 0 Å². The maximum absolute atomic E-state index is 12.9. The number of rotatable bonds is 6. The van der Waals surface area contributed by atoms with Crippen LogP contribution in [0.1, 0.15) is 24.4 Å². The van der Waals surface area contributed by atoms with Crippen LogP contribution in [0.2, 0.25) is 0 Å². The fraction of sp³-hybridized carbons (Fsp3) is 0.333. The summed E-state index contributed by atoms with van der Waals surface area (Å²) in [5.74, 6) is 0.883. The molecule has 0 atom stereocenters. The van der Waals surface area contributed by atoms with Gasteiger partial charge >= 0.3 is 0 Å². The number of fused-ring (bicyclic) bond motifs is 1. The molecular formula is C24H25N7O. The van der Waals surface area contributed by atoms with Crippen molar-refractivity contribution < 1.29 is 4.79 Å². The Hall–Kier alpha value is -3.52. The molecule has 8 heteroatoms. The molecule has 0 saturated carbocycles. The molecule has 0 aliphatic carbocycles. The van der Waals surface area contributed by atoms with Gasteiger partial charge in [-0.3, -0.25) is 24.3 Å². The van der Waals surface area contributed by atoms with E-state index in [0.29, 0.717) is 5.82 Å². The zero-order valence-corrected chi connectivity index (χ0v) is 18.1. The van der Waals surface area contributed by atoms with Crippen LogP contribution in [0.25, 0.3) is 22.0 Å². The molecule has 5 rings (SSSR count). The van der Waals surface area contributed by atoms with E-state index >= 15 is 0 Å². The van der Waals surface area contributed by atoms with Gasteiger partial charge in [0, 0.05) is 61.4 Å². The summed E-state index contributed by atoms with van der Waals surface area (Å²) in [6.45, 7) is 2.56. The predicted octanol–water partition coefficient (Wildman–Crippen LogP) is 2.84. The molecule has 1 aliphatic rings. The lowest BCUT2D eigenvalue weighted by Crippen LogP contribution is -2.36. The first-order chi connectivity index (χ1) is 15.6. The standard InChI is InChI=1S/C24H25N7O/c1-30-15-20(13-28-30)18-2-3-19-12-27-24(29-22(19)10-18)11-23(32)17-4-8-31(9-5-17)16-21-14-25-6-7-26-21/h2-3,6-7,10,12-15,17H,4-5,8-9,11,16H2,1H3. The summed E-state index contributed by atoms with van der Waals surface area (Å²) in [4.78, 5) is 32.9. The number of piperidine rings is 1. The van der Waals surface area contributed by atoms with Crippen LogP contribution in [0.15, 0.2) is 55.4 Å². The number of hydrogen-bond acceptors (Lipinski definition) is 7. The molecule has 8 nitrogen and oxygen atoms in total.